The van der Waals surface area contributed by atoms with E-state index >= 15 is 0 Å². The Labute approximate surface area is 493 Å². The van der Waals surface area contributed by atoms with Crippen molar-refractivity contribution in [1.82, 2.24) is 5.32 Å². The first-order chi connectivity index (χ1) is 38.5. The first-order valence-corrected chi connectivity index (χ1v) is 36.4. The maximum atomic E-state index is 13.0. The Bertz CT molecular complexity index is 1380. The second-order valence-electron chi connectivity index (χ2n) is 25.3. The van der Waals surface area contributed by atoms with Crippen molar-refractivity contribution in [3.8, 4) is 0 Å². The molecular weight excluding hydrogens is 996 g/mol. The molecule has 8 nitrogen and oxygen atoms in total. The van der Waals surface area contributed by atoms with Crippen LogP contribution in [0.1, 0.15) is 354 Å². The van der Waals surface area contributed by atoms with Crippen LogP contribution in [0.4, 0.5) is 0 Å². The van der Waals surface area contributed by atoms with Gasteiger partial charge in [-0.15, -0.1) is 0 Å². The van der Waals surface area contributed by atoms with Gasteiger partial charge in [-0.25, -0.2) is 4.57 Å². The van der Waals surface area contributed by atoms with Gasteiger partial charge in [-0.2, -0.15) is 0 Å². The minimum absolute atomic E-state index is 0.0638. The summed E-state index contributed by atoms with van der Waals surface area (Å²) in [6, 6.07) is -0.846. The highest BCUT2D eigenvalue weighted by Gasteiger charge is 2.28. The molecule has 0 bridgehead atoms. The molecular formula is C70H138N2O6P+. The number of quaternary nitrogens is 1. The number of allylic oxidation sites excluding steroid dienone is 5. The van der Waals surface area contributed by atoms with Gasteiger partial charge in [0.2, 0.25) is 5.91 Å². The molecule has 0 radical (unpaired) electrons. The van der Waals surface area contributed by atoms with E-state index in [0.717, 1.165) is 38.5 Å². The van der Waals surface area contributed by atoms with E-state index in [1.807, 2.05) is 27.2 Å². The minimum Gasteiger partial charge on any atom is -0.387 e. The Morgan fingerprint density at radius 2 is 0.722 bits per heavy atom. The number of aliphatic hydroxyl groups excluding tert-OH is 1. The van der Waals surface area contributed by atoms with E-state index in [0.29, 0.717) is 17.4 Å². The van der Waals surface area contributed by atoms with Crippen LogP contribution in [-0.4, -0.2) is 73.4 Å². The fourth-order valence-corrected chi connectivity index (χ4v) is 11.4. The van der Waals surface area contributed by atoms with Gasteiger partial charge in [-0.3, -0.25) is 13.8 Å². The summed E-state index contributed by atoms with van der Waals surface area (Å²) < 4.78 is 23.8. The fraction of sp³-hybridized carbons (Fsp3) is 0.900. The highest BCUT2D eigenvalue weighted by Crippen LogP contribution is 2.43. The summed E-state index contributed by atoms with van der Waals surface area (Å²) in [5.41, 5.74) is 0. The molecule has 0 aliphatic rings. The molecule has 0 spiro atoms. The Morgan fingerprint density at radius 1 is 0.430 bits per heavy atom. The molecule has 0 aromatic heterocycles. The van der Waals surface area contributed by atoms with Crippen molar-refractivity contribution in [2.24, 2.45) is 0 Å². The van der Waals surface area contributed by atoms with Crippen molar-refractivity contribution in [2.45, 2.75) is 366 Å². The number of phosphoric acid groups is 1. The molecule has 79 heavy (non-hydrogen) atoms. The Balaban J connectivity index is 4.02. The standard InChI is InChI=1S/C70H137N2O6P/c1-6-8-10-12-14-16-18-20-22-24-26-28-30-32-33-34-35-36-37-38-39-40-42-44-46-48-50-52-54-56-58-60-62-64-70(74)71-68(67-78-79(75,76)77-66-65-72(3,4)5)69(73)63-61-59-57-55-53-51-49-47-45-43-41-31-29-27-25-23-21-19-17-15-13-11-9-7-2/h18,20,24,26,61,63,68-69,73H,6-17,19,21-23,25,27-60,62,64-67H2,1-5H3,(H-,71,74,75,76)/p+1/b20-18-,26-24-,63-61+. The van der Waals surface area contributed by atoms with Crippen LogP contribution < -0.4 is 5.32 Å². The van der Waals surface area contributed by atoms with Crippen LogP contribution in [0.15, 0.2) is 36.5 Å². The van der Waals surface area contributed by atoms with Gasteiger partial charge in [0.1, 0.15) is 13.2 Å². The van der Waals surface area contributed by atoms with Gasteiger partial charge in [0.25, 0.3) is 0 Å². The zero-order valence-electron chi connectivity index (χ0n) is 53.6. The smallest absolute Gasteiger partial charge is 0.387 e. The summed E-state index contributed by atoms with van der Waals surface area (Å²) in [6.45, 7) is 4.86. The van der Waals surface area contributed by atoms with Crippen molar-refractivity contribution >= 4 is 13.7 Å². The van der Waals surface area contributed by atoms with Crippen LogP contribution in [0.2, 0.25) is 0 Å². The normalized spacial score (nSPS) is 13.9. The molecule has 3 N–H and O–H groups in total. The number of aliphatic hydroxyl groups is 1. The molecule has 3 unspecified atom stereocenters. The van der Waals surface area contributed by atoms with Gasteiger partial charge >= 0.3 is 7.82 Å². The number of phosphoric ester groups is 1. The average molecular weight is 1130 g/mol. The van der Waals surface area contributed by atoms with Crippen LogP contribution in [-0.2, 0) is 18.4 Å². The first kappa shape index (κ1) is 77.7. The molecule has 0 aliphatic heterocycles. The predicted molar refractivity (Wildman–Crippen MR) is 346 cm³/mol. The molecule has 468 valence electrons. The Kier molecular flexibility index (Phi) is 60.3. The third-order valence-corrected chi connectivity index (χ3v) is 17.1. The Hall–Kier alpha value is -1.28. The van der Waals surface area contributed by atoms with Crippen molar-refractivity contribution in [1.29, 1.82) is 0 Å². The van der Waals surface area contributed by atoms with E-state index in [1.54, 1.807) is 6.08 Å². The number of carbonyl (C=O) groups excluding carboxylic acids is 1. The number of hydrogen-bond acceptors (Lipinski definition) is 5. The van der Waals surface area contributed by atoms with Crippen LogP contribution in [0.25, 0.3) is 0 Å². The van der Waals surface area contributed by atoms with Crippen molar-refractivity contribution < 1.29 is 32.9 Å². The largest absolute Gasteiger partial charge is 0.472 e. The average Bonchev–Trinajstić information content (AvgIpc) is 3.42. The fourth-order valence-electron chi connectivity index (χ4n) is 10.7. The van der Waals surface area contributed by atoms with E-state index in [9.17, 15) is 19.4 Å². The quantitative estimate of drug-likeness (QED) is 0.0243. The molecule has 0 rings (SSSR count). The molecule has 3 atom stereocenters. The van der Waals surface area contributed by atoms with E-state index in [-0.39, 0.29) is 19.1 Å². The molecule has 0 heterocycles. The summed E-state index contributed by atoms with van der Waals surface area (Å²) >= 11 is 0. The summed E-state index contributed by atoms with van der Waals surface area (Å²) in [7, 11) is 1.59. The second-order valence-corrected chi connectivity index (χ2v) is 26.7. The molecule has 0 fully saturated rings. The molecule has 0 saturated heterocycles. The number of rotatable bonds is 65. The predicted octanol–water partition coefficient (Wildman–Crippen LogP) is 22.1. The zero-order chi connectivity index (χ0) is 57.7. The van der Waals surface area contributed by atoms with Gasteiger partial charge in [0, 0.05) is 6.42 Å². The second kappa shape index (κ2) is 61.3. The Morgan fingerprint density at radius 3 is 1.04 bits per heavy atom. The van der Waals surface area contributed by atoms with Gasteiger partial charge in [0.15, 0.2) is 0 Å². The third-order valence-electron chi connectivity index (χ3n) is 16.1. The minimum atomic E-state index is -4.35. The lowest BCUT2D eigenvalue weighted by Gasteiger charge is -2.25. The number of carbonyl (C=O) groups is 1. The zero-order valence-corrected chi connectivity index (χ0v) is 54.5. The number of likely N-dealkylation sites (N-methyl/N-ethyl adjacent to an activating group) is 1. The maximum absolute atomic E-state index is 13.0. The van der Waals surface area contributed by atoms with Crippen molar-refractivity contribution in [2.75, 3.05) is 40.9 Å². The lowest BCUT2D eigenvalue weighted by atomic mass is 10.0. The van der Waals surface area contributed by atoms with Crippen LogP contribution in [0.3, 0.4) is 0 Å². The van der Waals surface area contributed by atoms with Gasteiger partial charge in [-0.05, 0) is 51.4 Å². The van der Waals surface area contributed by atoms with Crippen molar-refractivity contribution in [3.05, 3.63) is 36.5 Å². The van der Waals surface area contributed by atoms with Crippen LogP contribution >= 0.6 is 7.82 Å². The van der Waals surface area contributed by atoms with E-state index in [4.69, 9.17) is 9.05 Å². The highest BCUT2D eigenvalue weighted by atomic mass is 31.2. The van der Waals surface area contributed by atoms with Gasteiger partial charge < -0.3 is 19.8 Å². The third kappa shape index (κ3) is 64.1. The highest BCUT2D eigenvalue weighted by molar-refractivity contribution is 7.47. The topological polar surface area (TPSA) is 105 Å². The lowest BCUT2D eigenvalue weighted by Crippen LogP contribution is -2.45. The lowest BCUT2D eigenvalue weighted by molar-refractivity contribution is -0.870. The summed E-state index contributed by atoms with van der Waals surface area (Å²) in [5.74, 6) is -0.169. The number of unbranched alkanes of at least 4 members (excludes halogenated alkanes) is 48. The van der Waals surface area contributed by atoms with Gasteiger partial charge in [-0.1, -0.05) is 333 Å². The maximum Gasteiger partial charge on any atom is 0.472 e. The van der Waals surface area contributed by atoms with Gasteiger partial charge in [0.05, 0.1) is 39.9 Å². The molecule has 0 aromatic rings. The SMILES string of the molecule is CCCCCCC/C=C\C/C=C\CCCCCCCCCCCCCCCCCCCCCCCC(=O)NC(COP(=O)(O)OCC[N+](C)(C)C)C(O)/C=C/CCCCCCCCCCCCCCCCCCCCCCCC. The summed E-state index contributed by atoms with van der Waals surface area (Å²) in [4.78, 5) is 23.4. The van der Waals surface area contributed by atoms with E-state index < -0.39 is 20.0 Å². The number of nitrogens with zero attached hydrogens (tertiary/aromatic N) is 1. The molecule has 0 aromatic carbocycles. The van der Waals surface area contributed by atoms with Crippen LogP contribution in [0, 0.1) is 0 Å². The van der Waals surface area contributed by atoms with Crippen molar-refractivity contribution in [3.63, 3.8) is 0 Å². The van der Waals surface area contributed by atoms with E-state index in [2.05, 4.69) is 43.5 Å². The van der Waals surface area contributed by atoms with Crippen LogP contribution in [0.5, 0.6) is 0 Å². The summed E-state index contributed by atoms with van der Waals surface area (Å²) in [6.07, 6.45) is 81.5. The number of hydrogen-bond donors (Lipinski definition) is 3. The van der Waals surface area contributed by atoms with E-state index in [1.165, 1.54) is 295 Å². The summed E-state index contributed by atoms with van der Waals surface area (Å²) in [5, 5.41) is 14.0. The molecule has 1 amide bonds. The number of amides is 1. The monoisotopic (exact) mass is 1130 g/mol. The number of nitrogens with one attached hydrogen (secondary N) is 1. The molecule has 0 saturated carbocycles. The molecule has 9 heteroatoms. The molecule has 0 aliphatic carbocycles. The first-order valence-electron chi connectivity index (χ1n) is 34.9.